The van der Waals surface area contributed by atoms with Gasteiger partial charge in [0.25, 0.3) is 0 Å². The Morgan fingerprint density at radius 2 is 1.88 bits per heavy atom. The molecule has 0 saturated carbocycles. The van der Waals surface area contributed by atoms with Crippen molar-refractivity contribution in [1.29, 1.82) is 0 Å². The molecule has 26 heavy (non-hydrogen) atoms. The maximum absolute atomic E-state index is 5.53. The number of hydrogen-bond acceptors (Lipinski definition) is 6. The molecule has 0 fully saturated rings. The summed E-state index contributed by atoms with van der Waals surface area (Å²) in [6.45, 7) is 4.25. The van der Waals surface area contributed by atoms with Crippen molar-refractivity contribution >= 4 is 0 Å². The third-order valence-corrected chi connectivity index (χ3v) is 4.02. The van der Waals surface area contributed by atoms with E-state index >= 15 is 0 Å². The van der Waals surface area contributed by atoms with Gasteiger partial charge in [-0.15, -0.1) is 10.2 Å². The van der Waals surface area contributed by atoms with Crippen LogP contribution in [-0.4, -0.2) is 29.7 Å². The fourth-order valence-corrected chi connectivity index (χ4v) is 2.83. The number of hydrogen-bond donors (Lipinski definition) is 0. The number of benzene rings is 1. The van der Waals surface area contributed by atoms with Crippen LogP contribution in [0.15, 0.2) is 53.3 Å². The van der Waals surface area contributed by atoms with Crippen LogP contribution in [0, 0.1) is 6.92 Å². The zero-order valence-electron chi connectivity index (χ0n) is 14.6. The van der Waals surface area contributed by atoms with Crippen LogP contribution < -0.4 is 0 Å². The van der Waals surface area contributed by atoms with Gasteiger partial charge in [0.1, 0.15) is 12.4 Å². The number of aromatic nitrogens is 6. The zero-order chi connectivity index (χ0) is 17.9. The molecule has 0 amide bonds. The molecule has 1 aromatic carbocycles. The maximum atomic E-state index is 5.53. The van der Waals surface area contributed by atoms with Crippen molar-refractivity contribution in [3.05, 3.63) is 66.5 Å². The molecule has 7 heteroatoms. The summed E-state index contributed by atoms with van der Waals surface area (Å²) >= 11 is 0. The van der Waals surface area contributed by atoms with E-state index in [-0.39, 0.29) is 0 Å². The molecular formula is C19H18N6O. The first-order valence-corrected chi connectivity index (χ1v) is 8.46. The summed E-state index contributed by atoms with van der Waals surface area (Å²) in [4.78, 5) is 13.6. The van der Waals surface area contributed by atoms with Gasteiger partial charge in [-0.2, -0.15) is 0 Å². The van der Waals surface area contributed by atoms with Gasteiger partial charge in [0.2, 0.25) is 11.8 Å². The van der Waals surface area contributed by atoms with Gasteiger partial charge >= 0.3 is 0 Å². The van der Waals surface area contributed by atoms with E-state index in [9.17, 15) is 0 Å². The standard InChI is InChI=1S/C19H18N6O/c1-3-16-20-10-9-15(22-16)19-18(14-7-5-4-6-8-14)21-12-25(19)11-17-24-23-13(2)26-17/h4-10,12H,3,11H2,1-2H3. The second-order valence-corrected chi connectivity index (χ2v) is 5.86. The molecule has 0 radical (unpaired) electrons. The second kappa shape index (κ2) is 6.87. The Labute approximate surface area is 150 Å². The quantitative estimate of drug-likeness (QED) is 0.551. The lowest BCUT2D eigenvalue weighted by molar-refractivity contribution is 0.455. The van der Waals surface area contributed by atoms with Gasteiger partial charge in [-0.25, -0.2) is 15.0 Å². The van der Waals surface area contributed by atoms with Gasteiger partial charge in [0.05, 0.1) is 23.4 Å². The molecule has 0 aliphatic rings. The SMILES string of the molecule is CCc1nccc(-c2c(-c3ccccc3)ncn2Cc2nnc(C)o2)n1. The fraction of sp³-hybridized carbons (Fsp3) is 0.211. The molecule has 0 aliphatic carbocycles. The summed E-state index contributed by atoms with van der Waals surface area (Å²) in [5.74, 6) is 1.87. The molecule has 4 rings (SSSR count). The average Bonchev–Trinajstić information content (AvgIpc) is 3.29. The van der Waals surface area contributed by atoms with E-state index in [0.29, 0.717) is 18.3 Å². The molecule has 7 nitrogen and oxygen atoms in total. The third-order valence-electron chi connectivity index (χ3n) is 4.02. The van der Waals surface area contributed by atoms with Gasteiger partial charge in [-0.1, -0.05) is 37.3 Å². The highest BCUT2D eigenvalue weighted by atomic mass is 16.4. The molecule has 0 atom stereocenters. The number of rotatable bonds is 5. The van der Waals surface area contributed by atoms with Crippen LogP contribution in [0.1, 0.15) is 24.5 Å². The first-order chi connectivity index (χ1) is 12.7. The molecule has 3 heterocycles. The van der Waals surface area contributed by atoms with Gasteiger partial charge < -0.3 is 8.98 Å². The van der Waals surface area contributed by atoms with Gasteiger partial charge in [-0.3, -0.25) is 0 Å². The molecule has 3 aromatic heterocycles. The lowest BCUT2D eigenvalue weighted by Crippen LogP contribution is -2.04. The Hall–Kier alpha value is -3.35. The number of imidazole rings is 1. The van der Waals surface area contributed by atoms with Crippen LogP contribution in [0.5, 0.6) is 0 Å². The van der Waals surface area contributed by atoms with Gasteiger partial charge in [0, 0.05) is 25.1 Å². The Morgan fingerprint density at radius 3 is 2.62 bits per heavy atom. The monoisotopic (exact) mass is 346 g/mol. The Morgan fingerprint density at radius 1 is 1.04 bits per heavy atom. The minimum Gasteiger partial charge on any atom is -0.424 e. The van der Waals surface area contributed by atoms with Crippen molar-refractivity contribution in [2.45, 2.75) is 26.8 Å². The largest absolute Gasteiger partial charge is 0.424 e. The molecule has 130 valence electrons. The van der Waals surface area contributed by atoms with Gasteiger partial charge in [-0.05, 0) is 6.07 Å². The van der Waals surface area contributed by atoms with Crippen LogP contribution in [-0.2, 0) is 13.0 Å². The predicted octanol–water partition coefficient (Wildman–Crippen LogP) is 3.31. The van der Waals surface area contributed by atoms with E-state index in [2.05, 4.69) is 25.1 Å². The molecule has 0 aliphatic heterocycles. The average molecular weight is 346 g/mol. The maximum Gasteiger partial charge on any atom is 0.236 e. The molecule has 0 saturated heterocycles. The Bertz CT molecular complexity index is 1020. The van der Waals surface area contributed by atoms with E-state index in [1.807, 2.05) is 47.9 Å². The van der Waals surface area contributed by atoms with Crippen LogP contribution in [0.25, 0.3) is 22.6 Å². The van der Waals surface area contributed by atoms with E-state index in [4.69, 9.17) is 4.42 Å². The zero-order valence-corrected chi connectivity index (χ0v) is 14.6. The third kappa shape index (κ3) is 3.11. The normalized spacial score (nSPS) is 11.0. The van der Waals surface area contributed by atoms with Crippen molar-refractivity contribution in [2.75, 3.05) is 0 Å². The van der Waals surface area contributed by atoms with Crippen molar-refractivity contribution < 1.29 is 4.42 Å². The smallest absolute Gasteiger partial charge is 0.236 e. The highest BCUT2D eigenvalue weighted by molar-refractivity contribution is 5.76. The number of nitrogens with zero attached hydrogens (tertiary/aromatic N) is 6. The van der Waals surface area contributed by atoms with Crippen molar-refractivity contribution in [3.63, 3.8) is 0 Å². The minimum absolute atomic E-state index is 0.432. The Kier molecular flexibility index (Phi) is 4.27. The van der Waals surface area contributed by atoms with Crippen molar-refractivity contribution in [3.8, 4) is 22.6 Å². The number of aryl methyl sites for hydroxylation is 2. The van der Waals surface area contributed by atoms with Crippen molar-refractivity contribution in [2.24, 2.45) is 0 Å². The van der Waals surface area contributed by atoms with Crippen molar-refractivity contribution in [1.82, 2.24) is 29.7 Å². The summed E-state index contributed by atoms with van der Waals surface area (Å²) in [7, 11) is 0. The first-order valence-electron chi connectivity index (χ1n) is 8.46. The van der Waals surface area contributed by atoms with E-state index in [0.717, 1.165) is 34.9 Å². The van der Waals surface area contributed by atoms with Gasteiger partial charge in [0.15, 0.2) is 0 Å². The summed E-state index contributed by atoms with van der Waals surface area (Å²) in [5.41, 5.74) is 3.62. The van der Waals surface area contributed by atoms with Crippen LogP contribution in [0.3, 0.4) is 0 Å². The summed E-state index contributed by atoms with van der Waals surface area (Å²) < 4.78 is 7.52. The first kappa shape index (κ1) is 16.1. The molecule has 4 aromatic rings. The molecule has 0 unspecified atom stereocenters. The van der Waals surface area contributed by atoms with Crippen LogP contribution in [0.2, 0.25) is 0 Å². The topological polar surface area (TPSA) is 82.5 Å². The molecular weight excluding hydrogens is 328 g/mol. The van der Waals surface area contributed by atoms with E-state index in [1.165, 1.54) is 0 Å². The summed E-state index contributed by atoms with van der Waals surface area (Å²) in [6.07, 6.45) is 4.33. The molecule has 0 bridgehead atoms. The highest BCUT2D eigenvalue weighted by Crippen LogP contribution is 2.30. The molecule has 0 N–H and O–H groups in total. The lowest BCUT2D eigenvalue weighted by atomic mass is 10.1. The van der Waals surface area contributed by atoms with E-state index < -0.39 is 0 Å². The van der Waals surface area contributed by atoms with Crippen LogP contribution >= 0.6 is 0 Å². The summed E-state index contributed by atoms with van der Waals surface area (Å²) in [5, 5.41) is 8.00. The highest BCUT2D eigenvalue weighted by Gasteiger charge is 2.18. The lowest BCUT2D eigenvalue weighted by Gasteiger charge is -2.09. The fourth-order valence-electron chi connectivity index (χ4n) is 2.83. The minimum atomic E-state index is 0.432. The predicted molar refractivity (Wildman–Crippen MR) is 96.2 cm³/mol. The van der Waals surface area contributed by atoms with Crippen LogP contribution in [0.4, 0.5) is 0 Å². The molecule has 0 spiro atoms. The summed E-state index contributed by atoms with van der Waals surface area (Å²) in [6, 6.07) is 12.0. The Balaban J connectivity index is 1.85. The van der Waals surface area contributed by atoms with E-state index in [1.54, 1.807) is 19.4 Å². The second-order valence-electron chi connectivity index (χ2n) is 5.86.